The minimum absolute atomic E-state index is 0.0958. The maximum absolute atomic E-state index is 12.9. The van der Waals surface area contributed by atoms with Crippen LogP contribution in [-0.2, 0) is 14.3 Å². The molecule has 1 aliphatic heterocycles. The highest BCUT2D eigenvalue weighted by molar-refractivity contribution is 6.01. The van der Waals surface area contributed by atoms with E-state index in [2.05, 4.69) is 5.32 Å². The molecule has 0 bridgehead atoms. The van der Waals surface area contributed by atoms with E-state index in [1.54, 1.807) is 32.3 Å². The Balaban J connectivity index is 1.65. The molecule has 8 heteroatoms. The van der Waals surface area contributed by atoms with Gasteiger partial charge in [-0.3, -0.25) is 9.59 Å². The second-order valence-corrected chi connectivity index (χ2v) is 7.56. The van der Waals surface area contributed by atoms with Crippen LogP contribution in [0.3, 0.4) is 0 Å². The molecule has 3 rings (SSSR count). The number of amides is 2. The molecular weight excluding hydrogens is 412 g/mol. The molecule has 1 N–H and O–H groups in total. The zero-order valence-electron chi connectivity index (χ0n) is 18.9. The van der Waals surface area contributed by atoms with Gasteiger partial charge in [-0.05, 0) is 36.8 Å². The Kier molecular flexibility index (Phi) is 7.94. The van der Waals surface area contributed by atoms with E-state index < -0.39 is 5.92 Å². The van der Waals surface area contributed by atoms with E-state index in [9.17, 15) is 9.59 Å². The molecule has 2 aromatic rings. The molecule has 1 saturated heterocycles. The van der Waals surface area contributed by atoms with E-state index in [1.807, 2.05) is 43.3 Å². The topological polar surface area (TPSA) is 86.3 Å². The van der Waals surface area contributed by atoms with Gasteiger partial charge in [0.15, 0.2) is 11.5 Å². The number of hydrogen-bond acceptors (Lipinski definition) is 6. The number of carbonyl (C=O) groups is 2. The van der Waals surface area contributed by atoms with Crippen LogP contribution in [0.4, 0.5) is 5.69 Å². The molecule has 8 nitrogen and oxygen atoms in total. The van der Waals surface area contributed by atoms with Crippen molar-refractivity contribution in [3.8, 4) is 17.2 Å². The predicted octanol–water partition coefficient (Wildman–Crippen LogP) is 2.96. The third-order valence-corrected chi connectivity index (χ3v) is 5.46. The van der Waals surface area contributed by atoms with Crippen molar-refractivity contribution in [1.29, 1.82) is 0 Å². The average molecular weight is 443 g/mol. The zero-order chi connectivity index (χ0) is 23.1. The lowest BCUT2D eigenvalue weighted by atomic mass is 10.0. The maximum atomic E-state index is 12.9. The van der Waals surface area contributed by atoms with Crippen LogP contribution in [0.25, 0.3) is 0 Å². The molecule has 2 unspecified atom stereocenters. The summed E-state index contributed by atoms with van der Waals surface area (Å²) in [7, 11) is 4.75. The molecule has 172 valence electrons. The number of nitrogens with one attached hydrogen (secondary N) is 1. The van der Waals surface area contributed by atoms with Crippen molar-refractivity contribution in [2.45, 2.75) is 19.4 Å². The summed E-state index contributed by atoms with van der Waals surface area (Å²) in [4.78, 5) is 27.1. The van der Waals surface area contributed by atoms with Gasteiger partial charge in [-0.1, -0.05) is 18.2 Å². The average Bonchev–Trinajstić information content (AvgIpc) is 3.20. The molecule has 0 radical (unpaired) electrons. The normalized spacial score (nSPS) is 16.6. The Hall–Kier alpha value is -3.26. The number of methoxy groups -OCH3 is 3. The van der Waals surface area contributed by atoms with Crippen LogP contribution >= 0.6 is 0 Å². The summed E-state index contributed by atoms with van der Waals surface area (Å²) in [6, 6.07) is 12.6. The fraction of sp³-hybridized carbons (Fsp3) is 0.417. The first-order valence-electron chi connectivity index (χ1n) is 10.5. The van der Waals surface area contributed by atoms with Gasteiger partial charge in [0.2, 0.25) is 11.8 Å². The van der Waals surface area contributed by atoms with Gasteiger partial charge in [0.05, 0.1) is 38.5 Å². The van der Waals surface area contributed by atoms with Gasteiger partial charge in [-0.25, -0.2) is 0 Å². The summed E-state index contributed by atoms with van der Waals surface area (Å²) in [6.07, 6.45) is 0.159. The molecule has 1 heterocycles. The summed E-state index contributed by atoms with van der Waals surface area (Å²) in [6.45, 7) is 3.10. The van der Waals surface area contributed by atoms with Crippen LogP contribution in [0.5, 0.6) is 17.2 Å². The van der Waals surface area contributed by atoms with Crippen molar-refractivity contribution < 1.29 is 28.5 Å². The quantitative estimate of drug-likeness (QED) is 0.570. The lowest BCUT2D eigenvalue weighted by molar-refractivity contribution is -0.126. The number of para-hydroxylation sites is 2. The lowest BCUT2D eigenvalue weighted by Crippen LogP contribution is -2.34. The highest BCUT2D eigenvalue weighted by Crippen LogP contribution is 2.34. The van der Waals surface area contributed by atoms with E-state index >= 15 is 0 Å². The van der Waals surface area contributed by atoms with Crippen LogP contribution in [0.2, 0.25) is 0 Å². The monoisotopic (exact) mass is 442 g/mol. The standard InChI is InChI=1S/C24H30N2O6/c1-16(17-9-10-21(22(13-17)31-4)32-12-11-29-2)25-24(28)18-14-23(27)26(15-18)19-7-5-6-8-20(19)30-3/h5-10,13,16,18H,11-12,14-15H2,1-4H3,(H,25,28). The second-order valence-electron chi connectivity index (χ2n) is 7.56. The van der Waals surface area contributed by atoms with E-state index in [4.69, 9.17) is 18.9 Å². The first kappa shape index (κ1) is 23.4. The van der Waals surface area contributed by atoms with Crippen molar-refractivity contribution in [2.75, 3.05) is 46.0 Å². The summed E-state index contributed by atoms with van der Waals surface area (Å²) < 4.78 is 21.5. The summed E-state index contributed by atoms with van der Waals surface area (Å²) in [5.41, 5.74) is 1.55. The summed E-state index contributed by atoms with van der Waals surface area (Å²) in [5, 5.41) is 3.02. The number of ether oxygens (including phenoxy) is 4. The van der Waals surface area contributed by atoms with E-state index in [0.717, 1.165) is 5.56 Å². The summed E-state index contributed by atoms with van der Waals surface area (Å²) >= 11 is 0. The van der Waals surface area contributed by atoms with Crippen molar-refractivity contribution in [2.24, 2.45) is 5.92 Å². The maximum Gasteiger partial charge on any atom is 0.227 e. The number of anilines is 1. The molecule has 0 saturated carbocycles. The van der Waals surface area contributed by atoms with Crippen molar-refractivity contribution >= 4 is 17.5 Å². The number of benzene rings is 2. The van der Waals surface area contributed by atoms with Crippen LogP contribution in [0.1, 0.15) is 24.9 Å². The first-order chi connectivity index (χ1) is 15.5. The van der Waals surface area contributed by atoms with Gasteiger partial charge in [0, 0.05) is 20.1 Å². The van der Waals surface area contributed by atoms with Crippen LogP contribution in [0, 0.1) is 5.92 Å². The smallest absolute Gasteiger partial charge is 0.227 e. The van der Waals surface area contributed by atoms with Gasteiger partial charge >= 0.3 is 0 Å². The zero-order valence-corrected chi connectivity index (χ0v) is 18.9. The molecule has 32 heavy (non-hydrogen) atoms. The Morgan fingerprint density at radius 3 is 2.53 bits per heavy atom. The van der Waals surface area contributed by atoms with Gasteiger partial charge < -0.3 is 29.2 Å². The Morgan fingerprint density at radius 1 is 1.06 bits per heavy atom. The van der Waals surface area contributed by atoms with Crippen molar-refractivity contribution in [1.82, 2.24) is 5.32 Å². The SMILES string of the molecule is COCCOc1ccc(C(C)NC(=O)C2CC(=O)N(c3ccccc3OC)C2)cc1OC. The molecule has 0 spiro atoms. The Bertz CT molecular complexity index is 948. The van der Waals surface area contributed by atoms with E-state index in [-0.39, 0.29) is 24.3 Å². The molecule has 2 aromatic carbocycles. The van der Waals surface area contributed by atoms with Crippen LogP contribution in [-0.4, -0.2) is 52.9 Å². The Labute approximate surface area is 188 Å². The number of carbonyl (C=O) groups excluding carboxylic acids is 2. The number of hydrogen-bond donors (Lipinski definition) is 1. The minimum Gasteiger partial charge on any atom is -0.495 e. The lowest BCUT2D eigenvalue weighted by Gasteiger charge is -2.21. The number of nitrogens with zero attached hydrogens (tertiary/aromatic N) is 1. The Morgan fingerprint density at radius 2 is 1.81 bits per heavy atom. The molecule has 1 fully saturated rings. The van der Waals surface area contributed by atoms with Gasteiger partial charge in [-0.15, -0.1) is 0 Å². The highest BCUT2D eigenvalue weighted by Gasteiger charge is 2.36. The van der Waals surface area contributed by atoms with Crippen molar-refractivity contribution in [3.63, 3.8) is 0 Å². The predicted molar refractivity (Wildman–Crippen MR) is 120 cm³/mol. The number of rotatable bonds is 10. The van der Waals surface area contributed by atoms with Gasteiger partial charge in [0.1, 0.15) is 12.4 Å². The van der Waals surface area contributed by atoms with E-state index in [1.165, 1.54) is 0 Å². The first-order valence-corrected chi connectivity index (χ1v) is 10.5. The van der Waals surface area contributed by atoms with Gasteiger partial charge in [-0.2, -0.15) is 0 Å². The van der Waals surface area contributed by atoms with E-state index in [0.29, 0.717) is 42.7 Å². The fourth-order valence-corrected chi connectivity index (χ4v) is 3.69. The second kappa shape index (κ2) is 10.9. The van der Waals surface area contributed by atoms with Gasteiger partial charge in [0.25, 0.3) is 0 Å². The third-order valence-electron chi connectivity index (χ3n) is 5.46. The van der Waals surface area contributed by atoms with Crippen molar-refractivity contribution in [3.05, 3.63) is 48.0 Å². The molecule has 2 amide bonds. The highest BCUT2D eigenvalue weighted by atomic mass is 16.5. The summed E-state index contributed by atoms with van der Waals surface area (Å²) in [5.74, 6) is 1.10. The van der Waals surface area contributed by atoms with Crippen LogP contribution < -0.4 is 24.4 Å². The third kappa shape index (κ3) is 5.31. The van der Waals surface area contributed by atoms with Crippen LogP contribution in [0.15, 0.2) is 42.5 Å². The largest absolute Gasteiger partial charge is 0.495 e. The fourth-order valence-electron chi connectivity index (χ4n) is 3.69. The molecule has 2 atom stereocenters. The molecule has 1 aliphatic rings. The molecule has 0 aromatic heterocycles. The minimum atomic E-state index is -0.437. The molecular formula is C24H30N2O6. The molecule has 0 aliphatic carbocycles.